The van der Waals surface area contributed by atoms with E-state index in [2.05, 4.69) is 40.9 Å². The van der Waals surface area contributed by atoms with Gasteiger partial charge in [0.1, 0.15) is 0 Å². The lowest BCUT2D eigenvalue weighted by atomic mass is 10.1. The maximum atomic E-state index is 5.86. The molecular weight excluding hydrogens is 222 g/mol. The van der Waals surface area contributed by atoms with E-state index in [0.29, 0.717) is 0 Å². The molecule has 0 aliphatic heterocycles. The van der Waals surface area contributed by atoms with Crippen LogP contribution in [0.4, 0.5) is 0 Å². The summed E-state index contributed by atoms with van der Waals surface area (Å²) in [6.45, 7) is 2.04. The van der Waals surface area contributed by atoms with Gasteiger partial charge in [0.05, 0.1) is 5.52 Å². The van der Waals surface area contributed by atoms with Crippen LogP contribution in [-0.2, 0) is 13.5 Å². The molecule has 2 N–H and O–H groups in total. The molecule has 0 aliphatic carbocycles. The highest BCUT2D eigenvalue weighted by atomic mass is 14.9. The lowest BCUT2D eigenvalue weighted by molar-refractivity contribution is 0.738. The minimum atomic E-state index is 0.193. The van der Waals surface area contributed by atoms with Gasteiger partial charge in [-0.1, -0.05) is 12.1 Å². The molecule has 0 saturated heterocycles. The van der Waals surface area contributed by atoms with Crippen LogP contribution in [0.25, 0.3) is 21.8 Å². The van der Waals surface area contributed by atoms with E-state index >= 15 is 0 Å². The second-order valence-corrected chi connectivity index (χ2v) is 4.98. The van der Waals surface area contributed by atoms with E-state index in [1.165, 1.54) is 27.4 Å². The number of rotatable bonds is 2. The van der Waals surface area contributed by atoms with E-state index in [0.717, 1.165) is 6.42 Å². The van der Waals surface area contributed by atoms with E-state index in [1.54, 1.807) is 0 Å². The Bertz CT molecular complexity index is 710. The minimum Gasteiger partial charge on any atom is -0.344 e. The zero-order chi connectivity index (χ0) is 12.7. The van der Waals surface area contributed by atoms with Crippen LogP contribution >= 0.6 is 0 Å². The third-order valence-electron chi connectivity index (χ3n) is 3.43. The molecule has 0 radical (unpaired) electrons. The maximum Gasteiger partial charge on any atom is 0.0519 e. The van der Waals surface area contributed by atoms with Crippen molar-refractivity contribution in [2.75, 3.05) is 0 Å². The molecule has 18 heavy (non-hydrogen) atoms. The number of aromatic nitrogens is 2. The van der Waals surface area contributed by atoms with Gasteiger partial charge in [-0.15, -0.1) is 0 Å². The molecule has 3 nitrogen and oxygen atoms in total. The Morgan fingerprint density at radius 1 is 1.22 bits per heavy atom. The molecule has 0 aliphatic rings. The Balaban J connectivity index is 2.28. The fraction of sp³-hybridized carbons (Fsp3) is 0.267. The molecule has 3 aromatic rings. The number of aryl methyl sites for hydroxylation is 1. The number of nitrogens with two attached hydrogens (primary N) is 1. The molecule has 0 amide bonds. The zero-order valence-corrected chi connectivity index (χ0v) is 10.7. The van der Waals surface area contributed by atoms with Gasteiger partial charge < -0.3 is 10.3 Å². The SMILES string of the molecule is CC(N)Cc1ccc2c3cnccc3n(C)c2c1. The third kappa shape index (κ3) is 1.68. The van der Waals surface area contributed by atoms with Crippen LogP contribution in [0.15, 0.2) is 36.7 Å². The fourth-order valence-corrected chi connectivity index (χ4v) is 2.60. The Morgan fingerprint density at radius 2 is 2.06 bits per heavy atom. The Labute approximate surface area is 106 Å². The molecule has 0 fully saturated rings. The van der Waals surface area contributed by atoms with Crippen LogP contribution in [0.3, 0.4) is 0 Å². The smallest absolute Gasteiger partial charge is 0.0519 e. The van der Waals surface area contributed by atoms with E-state index < -0.39 is 0 Å². The molecule has 3 rings (SSSR count). The first-order chi connectivity index (χ1) is 8.66. The Hall–Kier alpha value is -1.87. The second-order valence-electron chi connectivity index (χ2n) is 4.98. The zero-order valence-electron chi connectivity index (χ0n) is 10.7. The predicted octanol–water partition coefficient (Wildman–Crippen LogP) is 2.62. The molecule has 0 saturated carbocycles. The van der Waals surface area contributed by atoms with Crippen LogP contribution < -0.4 is 5.73 Å². The van der Waals surface area contributed by atoms with Crippen molar-refractivity contribution in [1.29, 1.82) is 0 Å². The summed E-state index contributed by atoms with van der Waals surface area (Å²) in [6.07, 6.45) is 4.68. The summed E-state index contributed by atoms with van der Waals surface area (Å²) in [7, 11) is 2.10. The number of benzene rings is 1. The van der Waals surface area contributed by atoms with Gasteiger partial charge in [-0.05, 0) is 31.0 Å². The average Bonchev–Trinajstić information content (AvgIpc) is 2.63. The van der Waals surface area contributed by atoms with Gasteiger partial charge in [0, 0.05) is 41.8 Å². The number of fused-ring (bicyclic) bond motifs is 3. The van der Waals surface area contributed by atoms with Gasteiger partial charge >= 0.3 is 0 Å². The highest BCUT2D eigenvalue weighted by Crippen LogP contribution is 2.28. The second kappa shape index (κ2) is 4.10. The number of hydrogen-bond acceptors (Lipinski definition) is 2. The van der Waals surface area contributed by atoms with Crippen molar-refractivity contribution in [3.8, 4) is 0 Å². The van der Waals surface area contributed by atoms with E-state index in [-0.39, 0.29) is 6.04 Å². The molecule has 0 bridgehead atoms. The molecule has 2 heterocycles. The van der Waals surface area contributed by atoms with Gasteiger partial charge in [0.2, 0.25) is 0 Å². The lowest BCUT2D eigenvalue weighted by Gasteiger charge is -2.06. The summed E-state index contributed by atoms with van der Waals surface area (Å²) in [4.78, 5) is 4.21. The van der Waals surface area contributed by atoms with Crippen molar-refractivity contribution in [3.63, 3.8) is 0 Å². The fourth-order valence-electron chi connectivity index (χ4n) is 2.60. The Kier molecular flexibility index (Phi) is 2.56. The van der Waals surface area contributed by atoms with Crippen LogP contribution in [-0.4, -0.2) is 15.6 Å². The van der Waals surface area contributed by atoms with Gasteiger partial charge in [0.15, 0.2) is 0 Å². The van der Waals surface area contributed by atoms with Crippen molar-refractivity contribution >= 4 is 21.8 Å². The topological polar surface area (TPSA) is 43.8 Å². The summed E-state index contributed by atoms with van der Waals surface area (Å²) < 4.78 is 2.22. The van der Waals surface area contributed by atoms with Crippen molar-refractivity contribution in [2.24, 2.45) is 12.8 Å². The van der Waals surface area contributed by atoms with Crippen LogP contribution in [0.5, 0.6) is 0 Å². The van der Waals surface area contributed by atoms with Crippen LogP contribution in [0.2, 0.25) is 0 Å². The highest BCUT2D eigenvalue weighted by Gasteiger charge is 2.08. The normalized spacial score (nSPS) is 13.3. The summed E-state index contributed by atoms with van der Waals surface area (Å²) in [5, 5.41) is 2.47. The highest BCUT2D eigenvalue weighted by molar-refractivity contribution is 6.07. The minimum absolute atomic E-state index is 0.193. The van der Waals surface area contributed by atoms with Gasteiger partial charge in [-0.3, -0.25) is 4.98 Å². The molecule has 92 valence electrons. The van der Waals surface area contributed by atoms with Crippen molar-refractivity contribution < 1.29 is 0 Å². The molecule has 3 heteroatoms. The molecule has 1 atom stereocenters. The van der Waals surface area contributed by atoms with Crippen molar-refractivity contribution in [3.05, 3.63) is 42.2 Å². The lowest BCUT2D eigenvalue weighted by Crippen LogP contribution is -2.17. The van der Waals surface area contributed by atoms with E-state index in [1.807, 2.05) is 19.3 Å². The molecule has 1 aromatic carbocycles. The van der Waals surface area contributed by atoms with Gasteiger partial charge in [0.25, 0.3) is 0 Å². The standard InChI is InChI=1S/C15H17N3/c1-10(16)7-11-3-4-12-13-9-17-6-5-14(13)18(2)15(12)8-11/h3-6,8-10H,7,16H2,1-2H3. The molecule has 1 unspecified atom stereocenters. The molecule has 2 aromatic heterocycles. The van der Waals surface area contributed by atoms with Gasteiger partial charge in [-0.25, -0.2) is 0 Å². The predicted molar refractivity (Wildman–Crippen MR) is 75.6 cm³/mol. The third-order valence-corrected chi connectivity index (χ3v) is 3.43. The molecule has 0 spiro atoms. The summed E-state index contributed by atoms with van der Waals surface area (Å²) in [5.41, 5.74) is 9.62. The summed E-state index contributed by atoms with van der Waals surface area (Å²) in [5.74, 6) is 0. The molecular formula is C15H17N3. The largest absolute Gasteiger partial charge is 0.344 e. The van der Waals surface area contributed by atoms with Crippen LogP contribution in [0, 0.1) is 0 Å². The first-order valence-electron chi connectivity index (χ1n) is 6.23. The number of nitrogens with zero attached hydrogens (tertiary/aromatic N) is 2. The van der Waals surface area contributed by atoms with Gasteiger partial charge in [-0.2, -0.15) is 0 Å². The van der Waals surface area contributed by atoms with Crippen molar-refractivity contribution in [1.82, 2.24) is 9.55 Å². The summed E-state index contributed by atoms with van der Waals surface area (Å²) >= 11 is 0. The quantitative estimate of drug-likeness (QED) is 0.747. The first-order valence-corrected chi connectivity index (χ1v) is 6.23. The maximum absolute atomic E-state index is 5.86. The number of pyridine rings is 1. The summed E-state index contributed by atoms with van der Waals surface area (Å²) in [6, 6.07) is 8.83. The Morgan fingerprint density at radius 3 is 2.83 bits per heavy atom. The monoisotopic (exact) mass is 239 g/mol. The van der Waals surface area contributed by atoms with E-state index in [4.69, 9.17) is 5.73 Å². The van der Waals surface area contributed by atoms with Crippen molar-refractivity contribution in [2.45, 2.75) is 19.4 Å². The average molecular weight is 239 g/mol. The first kappa shape index (κ1) is 11.2. The van der Waals surface area contributed by atoms with E-state index in [9.17, 15) is 0 Å². The number of hydrogen-bond donors (Lipinski definition) is 1. The van der Waals surface area contributed by atoms with Crippen LogP contribution in [0.1, 0.15) is 12.5 Å².